The van der Waals surface area contributed by atoms with Gasteiger partial charge in [0.2, 0.25) is 0 Å². The SMILES string of the molecule is CNCc1c(S(=O)(=O)NCC2(C)CCCO2)n[nH]c1C. The Hall–Kier alpha value is -0.960. The van der Waals surface area contributed by atoms with Crippen LogP contribution in [0.15, 0.2) is 5.03 Å². The summed E-state index contributed by atoms with van der Waals surface area (Å²) in [5, 5.41) is 9.66. The van der Waals surface area contributed by atoms with E-state index in [1.165, 1.54) is 0 Å². The lowest BCUT2D eigenvalue weighted by atomic mass is 10.0. The molecule has 2 heterocycles. The minimum atomic E-state index is -3.63. The number of ether oxygens (including phenoxy) is 1. The molecule has 0 saturated carbocycles. The summed E-state index contributed by atoms with van der Waals surface area (Å²) in [6.07, 6.45) is 1.82. The predicted octanol–water partition coefficient (Wildman–Crippen LogP) is 0.285. The molecule has 1 unspecified atom stereocenters. The van der Waals surface area contributed by atoms with E-state index in [0.29, 0.717) is 18.7 Å². The number of nitrogens with one attached hydrogen (secondary N) is 3. The number of nitrogens with zero attached hydrogens (tertiary/aromatic N) is 1. The topological polar surface area (TPSA) is 96.1 Å². The third-order valence-corrected chi connectivity index (χ3v) is 4.95. The van der Waals surface area contributed by atoms with Crippen LogP contribution in [0.2, 0.25) is 0 Å². The molecule has 1 saturated heterocycles. The highest BCUT2D eigenvalue weighted by atomic mass is 32.2. The number of hydrogen-bond donors (Lipinski definition) is 3. The number of sulfonamides is 1. The molecule has 0 amide bonds. The summed E-state index contributed by atoms with van der Waals surface area (Å²) in [6, 6.07) is 0. The van der Waals surface area contributed by atoms with E-state index in [2.05, 4.69) is 20.2 Å². The molecule has 7 nitrogen and oxygen atoms in total. The first kappa shape index (κ1) is 15.4. The molecule has 0 radical (unpaired) electrons. The minimum absolute atomic E-state index is 0.0611. The van der Waals surface area contributed by atoms with Gasteiger partial charge in [-0.15, -0.1) is 0 Å². The van der Waals surface area contributed by atoms with Crippen molar-refractivity contribution in [3.63, 3.8) is 0 Å². The Labute approximate surface area is 119 Å². The average Bonchev–Trinajstić information content (AvgIpc) is 2.97. The number of aromatic amines is 1. The first-order valence-corrected chi connectivity index (χ1v) is 8.18. The Bertz CT molecular complexity index is 561. The van der Waals surface area contributed by atoms with Crippen molar-refractivity contribution in [1.82, 2.24) is 20.2 Å². The van der Waals surface area contributed by atoms with Crippen LogP contribution in [-0.2, 0) is 21.3 Å². The minimum Gasteiger partial charge on any atom is -0.374 e. The lowest BCUT2D eigenvalue weighted by Crippen LogP contribution is -2.40. The summed E-state index contributed by atoms with van der Waals surface area (Å²) >= 11 is 0. The summed E-state index contributed by atoms with van der Waals surface area (Å²) in [6.45, 7) is 5.13. The van der Waals surface area contributed by atoms with Gasteiger partial charge in [-0.2, -0.15) is 5.10 Å². The summed E-state index contributed by atoms with van der Waals surface area (Å²) in [4.78, 5) is 0. The Kier molecular flexibility index (Phi) is 4.48. The Morgan fingerprint density at radius 3 is 2.85 bits per heavy atom. The first-order valence-electron chi connectivity index (χ1n) is 6.70. The molecule has 0 bridgehead atoms. The van der Waals surface area contributed by atoms with Gasteiger partial charge >= 0.3 is 0 Å². The fraction of sp³-hybridized carbons (Fsp3) is 0.750. The zero-order valence-corrected chi connectivity index (χ0v) is 12.9. The number of hydrogen-bond acceptors (Lipinski definition) is 5. The van der Waals surface area contributed by atoms with Crippen molar-refractivity contribution in [2.24, 2.45) is 0 Å². The van der Waals surface area contributed by atoms with Gasteiger partial charge in [0, 0.05) is 31.0 Å². The Balaban J connectivity index is 2.14. The lowest BCUT2D eigenvalue weighted by molar-refractivity contribution is 0.0250. The van der Waals surface area contributed by atoms with Crippen molar-refractivity contribution >= 4 is 10.0 Å². The number of aromatic nitrogens is 2. The Morgan fingerprint density at radius 2 is 2.25 bits per heavy atom. The van der Waals surface area contributed by atoms with Crippen molar-refractivity contribution in [1.29, 1.82) is 0 Å². The van der Waals surface area contributed by atoms with E-state index in [1.54, 1.807) is 14.0 Å². The van der Waals surface area contributed by atoms with Crippen LogP contribution in [0.3, 0.4) is 0 Å². The van der Waals surface area contributed by atoms with Gasteiger partial charge in [0.15, 0.2) is 5.03 Å². The van der Waals surface area contributed by atoms with E-state index in [9.17, 15) is 8.42 Å². The smallest absolute Gasteiger partial charge is 0.260 e. The van der Waals surface area contributed by atoms with E-state index in [0.717, 1.165) is 18.5 Å². The summed E-state index contributed by atoms with van der Waals surface area (Å²) in [5.74, 6) is 0. The second-order valence-electron chi connectivity index (χ2n) is 5.39. The maximum absolute atomic E-state index is 12.4. The highest BCUT2D eigenvalue weighted by Gasteiger charge is 2.32. The van der Waals surface area contributed by atoms with E-state index in [1.807, 2.05) is 6.92 Å². The Morgan fingerprint density at radius 1 is 1.50 bits per heavy atom. The van der Waals surface area contributed by atoms with Crippen LogP contribution in [-0.4, -0.2) is 44.4 Å². The molecule has 1 aliphatic heterocycles. The first-order chi connectivity index (χ1) is 9.38. The maximum Gasteiger partial charge on any atom is 0.260 e. The van der Waals surface area contributed by atoms with Crippen molar-refractivity contribution in [3.05, 3.63) is 11.3 Å². The van der Waals surface area contributed by atoms with Gasteiger partial charge in [-0.05, 0) is 33.7 Å². The summed E-state index contributed by atoms with van der Waals surface area (Å²) in [5.41, 5.74) is 1.00. The fourth-order valence-corrected chi connectivity index (χ4v) is 3.68. The van der Waals surface area contributed by atoms with Gasteiger partial charge in [0.05, 0.1) is 5.60 Å². The molecular formula is C12H22N4O3S. The van der Waals surface area contributed by atoms with E-state index >= 15 is 0 Å². The molecule has 114 valence electrons. The second kappa shape index (κ2) is 5.80. The van der Waals surface area contributed by atoms with Gasteiger partial charge in [-0.1, -0.05) is 0 Å². The molecule has 2 rings (SSSR count). The number of aryl methyl sites for hydroxylation is 1. The van der Waals surface area contributed by atoms with Crippen LogP contribution in [0.4, 0.5) is 0 Å². The normalized spacial score (nSPS) is 23.4. The monoisotopic (exact) mass is 302 g/mol. The molecule has 8 heteroatoms. The van der Waals surface area contributed by atoms with Gasteiger partial charge < -0.3 is 10.1 Å². The molecule has 3 N–H and O–H groups in total. The molecular weight excluding hydrogens is 280 g/mol. The van der Waals surface area contributed by atoms with Gasteiger partial charge in [0.25, 0.3) is 10.0 Å². The summed E-state index contributed by atoms with van der Waals surface area (Å²) in [7, 11) is -1.86. The van der Waals surface area contributed by atoms with Crippen LogP contribution in [0.5, 0.6) is 0 Å². The molecule has 0 aliphatic carbocycles. The quantitative estimate of drug-likeness (QED) is 0.701. The average molecular weight is 302 g/mol. The van der Waals surface area contributed by atoms with Crippen LogP contribution < -0.4 is 10.0 Å². The van der Waals surface area contributed by atoms with Crippen LogP contribution in [0, 0.1) is 6.92 Å². The van der Waals surface area contributed by atoms with Crippen molar-refractivity contribution < 1.29 is 13.2 Å². The zero-order chi connectivity index (χ0) is 14.8. The van der Waals surface area contributed by atoms with Gasteiger partial charge in [-0.25, -0.2) is 13.1 Å². The van der Waals surface area contributed by atoms with E-state index < -0.39 is 15.6 Å². The van der Waals surface area contributed by atoms with Crippen molar-refractivity contribution in [3.8, 4) is 0 Å². The predicted molar refractivity (Wildman–Crippen MR) is 74.9 cm³/mol. The number of rotatable bonds is 6. The molecule has 1 aromatic heterocycles. The van der Waals surface area contributed by atoms with Gasteiger partial charge in [0.1, 0.15) is 0 Å². The third-order valence-electron chi connectivity index (χ3n) is 3.58. The molecule has 1 aromatic rings. The second-order valence-corrected chi connectivity index (χ2v) is 7.07. The van der Waals surface area contributed by atoms with Crippen LogP contribution in [0.25, 0.3) is 0 Å². The molecule has 1 aliphatic rings. The highest BCUT2D eigenvalue weighted by Crippen LogP contribution is 2.25. The van der Waals surface area contributed by atoms with Crippen molar-refractivity contribution in [2.75, 3.05) is 20.2 Å². The lowest BCUT2D eigenvalue weighted by Gasteiger charge is -2.23. The molecule has 1 fully saturated rings. The molecule has 0 spiro atoms. The van der Waals surface area contributed by atoms with Crippen molar-refractivity contribution in [2.45, 2.75) is 43.9 Å². The standard InChI is InChI=1S/C12H22N4O3S/c1-9-10(7-13-3)11(16-15-9)20(17,18)14-8-12(2)5-4-6-19-12/h13-14H,4-8H2,1-3H3,(H,15,16). The highest BCUT2D eigenvalue weighted by molar-refractivity contribution is 7.89. The molecule has 1 atom stereocenters. The fourth-order valence-electron chi connectivity index (χ4n) is 2.33. The number of H-pyrrole nitrogens is 1. The largest absolute Gasteiger partial charge is 0.374 e. The van der Waals surface area contributed by atoms with E-state index in [-0.39, 0.29) is 11.6 Å². The third kappa shape index (κ3) is 3.20. The molecule has 0 aromatic carbocycles. The summed E-state index contributed by atoms with van der Waals surface area (Å²) < 4.78 is 32.9. The molecule has 20 heavy (non-hydrogen) atoms. The maximum atomic E-state index is 12.4. The van der Waals surface area contributed by atoms with Gasteiger partial charge in [-0.3, -0.25) is 5.10 Å². The van der Waals surface area contributed by atoms with Crippen LogP contribution in [0.1, 0.15) is 31.0 Å². The van der Waals surface area contributed by atoms with Crippen LogP contribution >= 0.6 is 0 Å². The zero-order valence-electron chi connectivity index (χ0n) is 12.1. The van der Waals surface area contributed by atoms with E-state index in [4.69, 9.17) is 4.74 Å².